The molecule has 22 heavy (non-hydrogen) atoms. The van der Waals surface area contributed by atoms with Gasteiger partial charge in [0.05, 0.1) is 0 Å². The number of urea groups is 1. The van der Waals surface area contributed by atoms with Crippen molar-refractivity contribution in [1.82, 2.24) is 29.6 Å². The van der Waals surface area contributed by atoms with Crippen LogP contribution in [-0.2, 0) is 10.0 Å². The van der Waals surface area contributed by atoms with E-state index in [1.165, 1.54) is 4.52 Å². The first-order valence-electron chi connectivity index (χ1n) is 6.85. The monoisotopic (exact) mass is 326 g/mol. The lowest BCUT2D eigenvalue weighted by molar-refractivity contribution is 0.245. The van der Waals surface area contributed by atoms with E-state index in [9.17, 15) is 13.2 Å². The molecular formula is C12H18N6O3S. The van der Waals surface area contributed by atoms with Crippen molar-refractivity contribution in [3.05, 3.63) is 17.5 Å². The molecule has 9 nitrogen and oxygen atoms in total. The molecule has 0 fully saturated rings. The molecule has 0 aliphatic rings. The van der Waals surface area contributed by atoms with Crippen LogP contribution in [0.3, 0.4) is 0 Å². The normalized spacial score (nSPS) is 11.6. The molecule has 0 saturated heterocycles. The fraction of sp³-hybridized carbons (Fsp3) is 0.500. The van der Waals surface area contributed by atoms with Gasteiger partial charge in [-0.15, -0.1) is 5.10 Å². The number of hydrogen-bond acceptors (Lipinski definition) is 6. The Morgan fingerprint density at radius 3 is 2.73 bits per heavy atom. The van der Waals surface area contributed by atoms with Crippen LogP contribution in [0.4, 0.5) is 4.79 Å². The van der Waals surface area contributed by atoms with Gasteiger partial charge in [0.1, 0.15) is 0 Å². The summed E-state index contributed by atoms with van der Waals surface area (Å²) in [6.07, 6.45) is 1.66. The molecule has 0 aliphatic carbocycles. The molecule has 0 unspecified atom stereocenters. The lowest BCUT2D eigenvalue weighted by Crippen LogP contribution is -2.40. The van der Waals surface area contributed by atoms with Gasteiger partial charge in [-0.2, -0.15) is 13.4 Å². The Bertz CT molecular complexity index is 799. The summed E-state index contributed by atoms with van der Waals surface area (Å²) in [5.41, 5.74) is 1.40. The number of fused-ring (bicyclic) bond motifs is 1. The molecule has 0 aliphatic heterocycles. The molecular weight excluding hydrogens is 308 g/mol. The van der Waals surface area contributed by atoms with Crippen molar-refractivity contribution in [3.8, 4) is 0 Å². The Morgan fingerprint density at radius 2 is 2.05 bits per heavy atom. The number of carbonyl (C=O) groups is 1. The van der Waals surface area contributed by atoms with Gasteiger partial charge in [0.2, 0.25) is 0 Å². The molecule has 2 heterocycles. The number of unbranched alkanes of at least 4 members (excludes halogenated alkanes) is 1. The highest BCUT2D eigenvalue weighted by atomic mass is 32.2. The minimum Gasteiger partial charge on any atom is -0.337 e. The van der Waals surface area contributed by atoms with Crippen LogP contribution in [0, 0.1) is 13.8 Å². The number of hydrogen-bond donors (Lipinski definition) is 2. The van der Waals surface area contributed by atoms with Gasteiger partial charge < -0.3 is 5.32 Å². The third kappa shape index (κ3) is 3.50. The Hall–Kier alpha value is -2.23. The number of aryl methyl sites for hydroxylation is 2. The number of nitrogens with one attached hydrogen (secondary N) is 2. The second kappa shape index (κ2) is 6.26. The highest BCUT2D eigenvalue weighted by molar-refractivity contribution is 7.89. The second-order valence-electron chi connectivity index (χ2n) is 4.86. The number of carbonyl (C=O) groups excluding carboxylic acids is 1. The molecule has 2 N–H and O–H groups in total. The molecule has 120 valence electrons. The van der Waals surface area contributed by atoms with Crippen molar-refractivity contribution in [2.75, 3.05) is 6.54 Å². The maximum absolute atomic E-state index is 12.1. The number of aromatic nitrogens is 4. The average molecular weight is 326 g/mol. The van der Waals surface area contributed by atoms with Crippen LogP contribution < -0.4 is 10.0 Å². The van der Waals surface area contributed by atoms with Gasteiger partial charge >= 0.3 is 16.1 Å². The zero-order chi connectivity index (χ0) is 16.3. The summed E-state index contributed by atoms with van der Waals surface area (Å²) >= 11 is 0. The highest BCUT2D eigenvalue weighted by Gasteiger charge is 2.24. The first-order valence-corrected chi connectivity index (χ1v) is 8.33. The molecule has 0 aromatic carbocycles. The lowest BCUT2D eigenvalue weighted by Gasteiger charge is -2.05. The molecule has 2 aromatic heterocycles. The number of rotatable bonds is 5. The zero-order valence-corrected chi connectivity index (χ0v) is 13.4. The Morgan fingerprint density at radius 1 is 1.32 bits per heavy atom. The quantitative estimate of drug-likeness (QED) is 0.774. The van der Waals surface area contributed by atoms with Gasteiger partial charge in [-0.05, 0) is 26.3 Å². The maximum Gasteiger partial charge on any atom is 0.328 e. The first kappa shape index (κ1) is 16.1. The van der Waals surface area contributed by atoms with E-state index in [0.29, 0.717) is 17.9 Å². The smallest absolute Gasteiger partial charge is 0.328 e. The van der Waals surface area contributed by atoms with E-state index in [1.54, 1.807) is 19.9 Å². The summed E-state index contributed by atoms with van der Waals surface area (Å²) < 4.78 is 27.4. The van der Waals surface area contributed by atoms with Crippen molar-refractivity contribution in [2.24, 2.45) is 0 Å². The maximum atomic E-state index is 12.1. The minimum atomic E-state index is -4.13. The molecule has 0 spiro atoms. The van der Waals surface area contributed by atoms with E-state index < -0.39 is 21.2 Å². The van der Waals surface area contributed by atoms with Crippen LogP contribution in [-0.4, -0.2) is 40.6 Å². The predicted molar refractivity (Wildman–Crippen MR) is 78.9 cm³/mol. The fourth-order valence-corrected chi connectivity index (χ4v) is 2.64. The summed E-state index contributed by atoms with van der Waals surface area (Å²) in [7, 11) is -4.13. The second-order valence-corrected chi connectivity index (χ2v) is 6.44. The van der Waals surface area contributed by atoms with Crippen LogP contribution in [0.2, 0.25) is 0 Å². The van der Waals surface area contributed by atoms with Crippen molar-refractivity contribution < 1.29 is 13.2 Å². The van der Waals surface area contributed by atoms with E-state index in [4.69, 9.17) is 0 Å². The van der Waals surface area contributed by atoms with Gasteiger partial charge in [0.15, 0.2) is 0 Å². The van der Waals surface area contributed by atoms with E-state index in [2.05, 4.69) is 20.4 Å². The Kier molecular flexibility index (Phi) is 4.59. The van der Waals surface area contributed by atoms with E-state index in [-0.39, 0.29) is 5.78 Å². The van der Waals surface area contributed by atoms with Crippen LogP contribution in [0.25, 0.3) is 5.78 Å². The standard InChI is InChI=1S/C12H18N6O3S/c1-4-5-6-13-11(19)17-22(20,21)12-15-10-14-8(2)7-9(3)18(10)16-12/h7H,4-6H2,1-3H3,(H2,13,17,19). The summed E-state index contributed by atoms with van der Waals surface area (Å²) in [6, 6.07) is 0.955. The van der Waals surface area contributed by atoms with Crippen LogP contribution in [0.1, 0.15) is 31.2 Å². The average Bonchev–Trinajstić information content (AvgIpc) is 2.83. The number of amides is 2. The fourth-order valence-electron chi connectivity index (χ4n) is 1.84. The topological polar surface area (TPSA) is 118 Å². The summed E-state index contributed by atoms with van der Waals surface area (Å²) in [6.45, 7) is 5.90. The largest absolute Gasteiger partial charge is 0.337 e. The van der Waals surface area contributed by atoms with Crippen LogP contribution in [0.15, 0.2) is 11.2 Å². The van der Waals surface area contributed by atoms with Gasteiger partial charge in [0, 0.05) is 17.9 Å². The number of nitrogens with zero attached hydrogens (tertiary/aromatic N) is 4. The molecule has 0 bridgehead atoms. The first-order chi connectivity index (χ1) is 10.3. The molecule has 10 heteroatoms. The van der Waals surface area contributed by atoms with Gasteiger partial charge in [-0.3, -0.25) is 0 Å². The molecule has 0 saturated carbocycles. The van der Waals surface area contributed by atoms with E-state index in [1.807, 2.05) is 11.6 Å². The predicted octanol–water partition coefficient (Wildman–Crippen LogP) is 0.529. The molecule has 2 aromatic rings. The van der Waals surface area contributed by atoms with E-state index >= 15 is 0 Å². The van der Waals surface area contributed by atoms with Crippen LogP contribution >= 0.6 is 0 Å². The van der Waals surface area contributed by atoms with Crippen molar-refractivity contribution in [2.45, 2.75) is 38.8 Å². The molecule has 2 amide bonds. The Labute approximate surface area is 128 Å². The van der Waals surface area contributed by atoms with Gasteiger partial charge in [-0.25, -0.2) is 19.0 Å². The van der Waals surface area contributed by atoms with E-state index in [0.717, 1.165) is 12.8 Å². The third-order valence-corrected chi connectivity index (χ3v) is 3.99. The molecule has 0 atom stereocenters. The van der Waals surface area contributed by atoms with Crippen molar-refractivity contribution in [3.63, 3.8) is 0 Å². The zero-order valence-electron chi connectivity index (χ0n) is 12.6. The summed E-state index contributed by atoms with van der Waals surface area (Å²) in [4.78, 5) is 19.5. The summed E-state index contributed by atoms with van der Waals surface area (Å²) in [5, 5.41) is 5.86. The number of sulfonamides is 1. The third-order valence-electron chi connectivity index (χ3n) is 2.88. The van der Waals surface area contributed by atoms with Gasteiger partial charge in [0.25, 0.3) is 10.9 Å². The van der Waals surface area contributed by atoms with Crippen molar-refractivity contribution >= 4 is 21.8 Å². The van der Waals surface area contributed by atoms with Crippen molar-refractivity contribution in [1.29, 1.82) is 0 Å². The Balaban J connectivity index is 2.22. The van der Waals surface area contributed by atoms with Gasteiger partial charge in [-0.1, -0.05) is 13.3 Å². The molecule has 0 radical (unpaired) electrons. The SMILES string of the molecule is CCCCNC(=O)NS(=O)(=O)c1nc2nc(C)cc(C)n2n1. The van der Waals surface area contributed by atoms with Crippen LogP contribution in [0.5, 0.6) is 0 Å². The lowest BCUT2D eigenvalue weighted by atomic mass is 10.3. The minimum absolute atomic E-state index is 0.171. The highest BCUT2D eigenvalue weighted by Crippen LogP contribution is 2.08. The summed E-state index contributed by atoms with van der Waals surface area (Å²) in [5.74, 6) is 0.171. The molecule has 2 rings (SSSR count).